The SMILES string of the molecule is Cc1nc(N)sc1S(=O)(=O)Nc1cc([N+](=O)[O-])ccc1Cl. The molecule has 0 aliphatic heterocycles. The predicted molar refractivity (Wildman–Crippen MR) is 80.2 cm³/mol. The molecule has 0 bridgehead atoms. The molecule has 21 heavy (non-hydrogen) atoms. The summed E-state index contributed by atoms with van der Waals surface area (Å²) in [5.74, 6) is 0. The molecule has 1 aromatic heterocycles. The number of anilines is 2. The quantitative estimate of drug-likeness (QED) is 0.644. The van der Waals surface area contributed by atoms with Crippen LogP contribution in [0.2, 0.25) is 5.02 Å². The maximum absolute atomic E-state index is 12.2. The van der Waals surface area contributed by atoms with Crippen LogP contribution < -0.4 is 10.5 Å². The maximum atomic E-state index is 12.2. The summed E-state index contributed by atoms with van der Waals surface area (Å²) < 4.78 is 26.6. The van der Waals surface area contributed by atoms with Gasteiger partial charge < -0.3 is 5.73 Å². The Morgan fingerprint density at radius 3 is 2.67 bits per heavy atom. The van der Waals surface area contributed by atoms with E-state index < -0.39 is 14.9 Å². The number of thiazole rings is 1. The highest BCUT2D eigenvalue weighted by Crippen LogP contribution is 2.31. The van der Waals surface area contributed by atoms with Gasteiger partial charge >= 0.3 is 0 Å². The van der Waals surface area contributed by atoms with Crippen molar-refractivity contribution in [2.75, 3.05) is 10.5 Å². The number of aromatic nitrogens is 1. The van der Waals surface area contributed by atoms with Gasteiger partial charge in [0.1, 0.15) is 0 Å². The Hall–Kier alpha value is -1.91. The molecule has 0 spiro atoms. The zero-order valence-corrected chi connectivity index (χ0v) is 12.9. The lowest BCUT2D eigenvalue weighted by molar-refractivity contribution is -0.384. The first-order valence-electron chi connectivity index (χ1n) is 5.40. The first kappa shape index (κ1) is 15.5. The number of nitrogens with zero attached hydrogens (tertiary/aromatic N) is 2. The van der Waals surface area contributed by atoms with Gasteiger partial charge in [-0.25, -0.2) is 13.4 Å². The molecule has 1 aromatic carbocycles. The second kappa shape index (κ2) is 5.47. The molecule has 0 unspecified atom stereocenters. The first-order chi connectivity index (χ1) is 9.70. The number of benzene rings is 1. The highest BCUT2D eigenvalue weighted by molar-refractivity contribution is 7.94. The minimum atomic E-state index is -3.97. The van der Waals surface area contributed by atoms with Crippen molar-refractivity contribution in [3.63, 3.8) is 0 Å². The smallest absolute Gasteiger partial charge is 0.273 e. The zero-order valence-electron chi connectivity index (χ0n) is 10.5. The third kappa shape index (κ3) is 3.23. The largest absolute Gasteiger partial charge is 0.375 e. The lowest BCUT2D eigenvalue weighted by atomic mass is 10.3. The Kier molecular flexibility index (Phi) is 4.03. The highest BCUT2D eigenvalue weighted by atomic mass is 35.5. The van der Waals surface area contributed by atoms with Gasteiger partial charge in [-0.15, -0.1) is 0 Å². The number of nitrogens with two attached hydrogens (primary N) is 1. The molecule has 0 aliphatic rings. The van der Waals surface area contributed by atoms with E-state index in [0.717, 1.165) is 17.4 Å². The summed E-state index contributed by atoms with van der Waals surface area (Å²) >= 11 is 6.65. The van der Waals surface area contributed by atoms with E-state index in [4.69, 9.17) is 17.3 Å². The number of aryl methyl sites for hydroxylation is 1. The van der Waals surface area contributed by atoms with E-state index in [1.165, 1.54) is 19.1 Å². The number of sulfonamides is 1. The summed E-state index contributed by atoms with van der Waals surface area (Å²) in [4.78, 5) is 13.9. The summed E-state index contributed by atoms with van der Waals surface area (Å²) in [5, 5.41) is 10.9. The Bertz CT molecular complexity index is 818. The van der Waals surface area contributed by atoms with E-state index >= 15 is 0 Å². The van der Waals surface area contributed by atoms with Crippen LogP contribution in [-0.4, -0.2) is 18.3 Å². The van der Waals surface area contributed by atoms with Crippen molar-refractivity contribution in [1.29, 1.82) is 0 Å². The van der Waals surface area contributed by atoms with E-state index in [9.17, 15) is 18.5 Å². The van der Waals surface area contributed by atoms with E-state index in [0.29, 0.717) is 0 Å². The fourth-order valence-electron chi connectivity index (χ4n) is 1.55. The van der Waals surface area contributed by atoms with Crippen molar-refractivity contribution < 1.29 is 13.3 Å². The molecule has 0 saturated heterocycles. The third-order valence-corrected chi connectivity index (χ3v) is 5.71. The molecule has 11 heteroatoms. The lowest BCUT2D eigenvalue weighted by Gasteiger charge is -2.08. The van der Waals surface area contributed by atoms with Crippen LogP contribution in [0.3, 0.4) is 0 Å². The summed E-state index contributed by atoms with van der Waals surface area (Å²) in [5.41, 5.74) is 5.34. The fourth-order valence-corrected chi connectivity index (χ4v) is 4.14. The zero-order chi connectivity index (χ0) is 15.8. The average Bonchev–Trinajstić information content (AvgIpc) is 2.71. The van der Waals surface area contributed by atoms with Gasteiger partial charge in [0, 0.05) is 12.1 Å². The van der Waals surface area contributed by atoms with Gasteiger partial charge in [0.25, 0.3) is 15.7 Å². The van der Waals surface area contributed by atoms with E-state index in [1.807, 2.05) is 0 Å². The number of halogens is 1. The number of nitrogen functional groups attached to an aromatic ring is 1. The van der Waals surface area contributed by atoms with Gasteiger partial charge in [0.2, 0.25) is 0 Å². The monoisotopic (exact) mass is 348 g/mol. The van der Waals surface area contributed by atoms with Crippen LogP contribution in [0.25, 0.3) is 0 Å². The first-order valence-corrected chi connectivity index (χ1v) is 8.08. The average molecular weight is 349 g/mol. The fraction of sp³-hybridized carbons (Fsp3) is 0.100. The van der Waals surface area contributed by atoms with Crippen molar-refractivity contribution >= 4 is 49.5 Å². The van der Waals surface area contributed by atoms with Crippen LogP contribution in [0.5, 0.6) is 0 Å². The van der Waals surface area contributed by atoms with Crippen LogP contribution >= 0.6 is 22.9 Å². The van der Waals surface area contributed by atoms with E-state index in [-0.39, 0.29) is 31.4 Å². The van der Waals surface area contributed by atoms with Crippen molar-refractivity contribution in [3.05, 3.63) is 39.0 Å². The van der Waals surface area contributed by atoms with Gasteiger partial charge in [-0.1, -0.05) is 22.9 Å². The standard InChI is InChI=1S/C10H9ClN4O4S2/c1-5-9(20-10(12)13-5)21(18,19)14-8-4-6(15(16)17)2-3-7(8)11/h2-4,14H,1H3,(H2,12,13). The van der Waals surface area contributed by atoms with Crippen LogP contribution in [-0.2, 0) is 10.0 Å². The molecule has 0 aliphatic carbocycles. The number of nitro benzene ring substituents is 1. The number of nitrogens with one attached hydrogen (secondary N) is 1. The van der Waals surface area contributed by atoms with Gasteiger partial charge in [-0.3, -0.25) is 14.8 Å². The molecular weight excluding hydrogens is 340 g/mol. The second-order valence-electron chi connectivity index (χ2n) is 3.95. The normalized spacial score (nSPS) is 11.3. The van der Waals surface area contributed by atoms with Gasteiger partial charge in [0.05, 0.1) is 21.3 Å². The summed E-state index contributed by atoms with van der Waals surface area (Å²) in [6.07, 6.45) is 0. The second-order valence-corrected chi connectivity index (χ2v) is 7.27. The number of nitro groups is 1. The van der Waals surface area contributed by atoms with Crippen molar-refractivity contribution in [1.82, 2.24) is 4.98 Å². The van der Waals surface area contributed by atoms with Gasteiger partial charge in [-0.2, -0.15) is 0 Å². The Morgan fingerprint density at radius 1 is 1.48 bits per heavy atom. The summed E-state index contributed by atoms with van der Waals surface area (Å²) in [6, 6.07) is 3.46. The Balaban J connectivity index is 2.43. The van der Waals surface area contributed by atoms with Crippen molar-refractivity contribution in [3.8, 4) is 0 Å². The predicted octanol–water partition coefficient (Wildman–Crippen LogP) is 2.40. The summed E-state index contributed by atoms with van der Waals surface area (Å²) in [7, 11) is -3.97. The summed E-state index contributed by atoms with van der Waals surface area (Å²) in [6.45, 7) is 1.50. The minimum Gasteiger partial charge on any atom is -0.375 e. The van der Waals surface area contributed by atoms with E-state index in [2.05, 4.69) is 9.71 Å². The van der Waals surface area contributed by atoms with Crippen LogP contribution in [0.1, 0.15) is 5.69 Å². The molecule has 1 heterocycles. The van der Waals surface area contributed by atoms with Gasteiger partial charge in [-0.05, 0) is 13.0 Å². The molecule has 0 amide bonds. The number of non-ortho nitro benzene ring substituents is 1. The van der Waals surface area contributed by atoms with E-state index in [1.54, 1.807) is 0 Å². The Labute approximate surface area is 128 Å². The third-order valence-electron chi connectivity index (χ3n) is 2.42. The molecule has 0 atom stereocenters. The van der Waals surface area contributed by atoms with Crippen molar-refractivity contribution in [2.24, 2.45) is 0 Å². The molecule has 2 aromatic rings. The number of rotatable bonds is 4. The lowest BCUT2D eigenvalue weighted by Crippen LogP contribution is -2.13. The van der Waals surface area contributed by atoms with Crippen LogP contribution in [0, 0.1) is 17.0 Å². The molecular formula is C10H9ClN4O4S2. The minimum absolute atomic E-state index is 0.0410. The van der Waals surface area contributed by atoms with Crippen LogP contribution in [0.15, 0.2) is 22.4 Å². The molecule has 0 radical (unpaired) electrons. The maximum Gasteiger partial charge on any atom is 0.273 e. The molecule has 0 fully saturated rings. The molecule has 8 nitrogen and oxygen atoms in total. The van der Waals surface area contributed by atoms with Gasteiger partial charge in [0.15, 0.2) is 9.34 Å². The van der Waals surface area contributed by atoms with Crippen LogP contribution in [0.4, 0.5) is 16.5 Å². The molecule has 2 rings (SSSR count). The molecule has 112 valence electrons. The van der Waals surface area contributed by atoms with Crippen molar-refractivity contribution in [2.45, 2.75) is 11.1 Å². The Morgan fingerprint density at radius 2 is 2.14 bits per heavy atom. The molecule has 3 N–H and O–H groups in total. The number of hydrogen-bond acceptors (Lipinski definition) is 7. The number of hydrogen-bond donors (Lipinski definition) is 2. The topological polar surface area (TPSA) is 128 Å². The highest BCUT2D eigenvalue weighted by Gasteiger charge is 2.23. The molecule has 0 saturated carbocycles.